The lowest BCUT2D eigenvalue weighted by Gasteiger charge is -2.28. The number of nitrogens with one attached hydrogen (secondary N) is 1. The number of esters is 1. The molecule has 0 fully saturated rings. The molecule has 0 saturated heterocycles. The van der Waals surface area contributed by atoms with E-state index >= 15 is 0 Å². The molecular weight excluding hydrogens is 206 g/mol. The average Bonchev–Trinajstić information content (AvgIpc) is 2.10. The Morgan fingerprint density at radius 3 is 2.21 bits per heavy atom. The van der Waals surface area contributed by atoms with E-state index in [1.807, 2.05) is 20.8 Å². The summed E-state index contributed by atoms with van der Waals surface area (Å²) in [4.78, 5) is 22.4. The smallest absolute Gasteiger partial charge is 0.328 e. The molecule has 0 saturated carbocycles. The highest BCUT2D eigenvalue weighted by molar-refractivity contribution is 6.27. The zero-order chi connectivity index (χ0) is 11.4. The fourth-order valence-electron chi connectivity index (χ4n) is 0.946. The molecule has 0 aliphatic heterocycles. The maximum Gasteiger partial charge on any atom is 0.328 e. The van der Waals surface area contributed by atoms with Crippen LogP contribution in [0.5, 0.6) is 0 Å². The van der Waals surface area contributed by atoms with Crippen molar-refractivity contribution in [2.24, 2.45) is 5.41 Å². The number of carbonyl (C=O) groups is 2. The molecule has 1 atom stereocenters. The molecule has 1 N–H and O–H groups in total. The monoisotopic (exact) mass is 221 g/mol. The second kappa shape index (κ2) is 5.20. The zero-order valence-corrected chi connectivity index (χ0v) is 9.64. The minimum Gasteiger partial charge on any atom is -0.467 e. The van der Waals surface area contributed by atoms with Gasteiger partial charge in [-0.2, -0.15) is 0 Å². The Bertz CT molecular complexity index is 223. The largest absolute Gasteiger partial charge is 0.467 e. The van der Waals surface area contributed by atoms with Crippen LogP contribution in [0.3, 0.4) is 0 Å². The van der Waals surface area contributed by atoms with Crippen molar-refractivity contribution in [1.82, 2.24) is 5.32 Å². The molecule has 0 radical (unpaired) electrons. The van der Waals surface area contributed by atoms with Gasteiger partial charge in [-0.3, -0.25) is 4.79 Å². The summed E-state index contributed by atoms with van der Waals surface area (Å²) in [5, 5.41) is 2.51. The Balaban J connectivity index is 4.58. The van der Waals surface area contributed by atoms with Crippen LogP contribution in [0.4, 0.5) is 0 Å². The molecule has 0 aliphatic rings. The van der Waals surface area contributed by atoms with Crippen LogP contribution in [0.2, 0.25) is 0 Å². The normalized spacial score (nSPS) is 13.2. The van der Waals surface area contributed by atoms with Crippen LogP contribution in [0, 0.1) is 5.41 Å². The van der Waals surface area contributed by atoms with Gasteiger partial charge in [-0.25, -0.2) is 4.79 Å². The van der Waals surface area contributed by atoms with Gasteiger partial charge in [0, 0.05) is 0 Å². The van der Waals surface area contributed by atoms with Crippen molar-refractivity contribution in [2.75, 3.05) is 13.0 Å². The van der Waals surface area contributed by atoms with E-state index in [2.05, 4.69) is 10.1 Å². The van der Waals surface area contributed by atoms with E-state index < -0.39 is 17.4 Å². The molecule has 0 rings (SSSR count). The number of hydrogen-bond donors (Lipinski definition) is 1. The van der Waals surface area contributed by atoms with Crippen LogP contribution in [0.15, 0.2) is 0 Å². The highest BCUT2D eigenvalue weighted by Gasteiger charge is 2.33. The van der Waals surface area contributed by atoms with E-state index in [0.29, 0.717) is 0 Å². The van der Waals surface area contributed by atoms with Crippen LogP contribution in [0.25, 0.3) is 0 Å². The van der Waals surface area contributed by atoms with Gasteiger partial charge in [0.2, 0.25) is 5.91 Å². The summed E-state index contributed by atoms with van der Waals surface area (Å²) in [6.45, 7) is 5.51. The van der Waals surface area contributed by atoms with E-state index in [9.17, 15) is 9.59 Å². The van der Waals surface area contributed by atoms with Crippen molar-refractivity contribution >= 4 is 23.5 Å². The van der Waals surface area contributed by atoms with E-state index in [-0.39, 0.29) is 11.8 Å². The number of carbonyl (C=O) groups excluding carboxylic acids is 2. The molecule has 0 spiro atoms. The van der Waals surface area contributed by atoms with Crippen LogP contribution in [0.1, 0.15) is 20.8 Å². The summed E-state index contributed by atoms with van der Waals surface area (Å²) in [5.74, 6) is -1.00. The summed E-state index contributed by atoms with van der Waals surface area (Å²) in [5.41, 5.74) is -0.394. The number of hydrogen-bond acceptors (Lipinski definition) is 3. The second-order valence-corrected chi connectivity index (χ2v) is 4.29. The lowest BCUT2D eigenvalue weighted by molar-refractivity contribution is -0.147. The van der Waals surface area contributed by atoms with Gasteiger partial charge in [0.15, 0.2) is 0 Å². The zero-order valence-electron chi connectivity index (χ0n) is 8.89. The summed E-state index contributed by atoms with van der Waals surface area (Å²) >= 11 is 5.33. The summed E-state index contributed by atoms with van der Waals surface area (Å²) in [6, 6.07) is -0.668. The lowest BCUT2D eigenvalue weighted by atomic mass is 9.87. The third-order valence-corrected chi connectivity index (χ3v) is 1.97. The minimum absolute atomic E-state index is 0.163. The molecule has 0 bridgehead atoms. The highest BCUT2D eigenvalue weighted by Crippen LogP contribution is 2.20. The van der Waals surface area contributed by atoms with Crippen LogP contribution >= 0.6 is 11.6 Å². The molecule has 1 amide bonds. The van der Waals surface area contributed by atoms with Crippen LogP contribution in [-0.2, 0) is 14.3 Å². The van der Waals surface area contributed by atoms with Gasteiger partial charge in [0.1, 0.15) is 11.9 Å². The number of ether oxygens (including phenoxy) is 1. The fourth-order valence-corrected chi connectivity index (χ4v) is 1.02. The maximum absolute atomic E-state index is 11.3. The molecule has 5 heteroatoms. The predicted octanol–water partition coefficient (Wildman–Crippen LogP) is 0.929. The van der Waals surface area contributed by atoms with Crippen molar-refractivity contribution in [3.63, 3.8) is 0 Å². The van der Waals surface area contributed by atoms with Crippen molar-refractivity contribution in [1.29, 1.82) is 0 Å². The van der Waals surface area contributed by atoms with Gasteiger partial charge in [-0.15, -0.1) is 11.6 Å². The van der Waals surface area contributed by atoms with Crippen LogP contribution < -0.4 is 5.32 Å². The molecule has 0 unspecified atom stereocenters. The van der Waals surface area contributed by atoms with Crippen molar-refractivity contribution < 1.29 is 14.3 Å². The Kier molecular flexibility index (Phi) is 4.91. The molecule has 82 valence electrons. The second-order valence-electron chi connectivity index (χ2n) is 4.02. The molecular formula is C9H16ClNO3. The van der Waals surface area contributed by atoms with Gasteiger partial charge >= 0.3 is 5.97 Å². The number of halogens is 1. The van der Waals surface area contributed by atoms with Gasteiger partial charge < -0.3 is 10.1 Å². The third kappa shape index (κ3) is 3.96. The SMILES string of the molecule is COC(=O)[C@@H](NC(=O)CCl)C(C)(C)C. The Labute approximate surface area is 88.9 Å². The number of rotatable bonds is 3. The summed E-state index contributed by atoms with van der Waals surface area (Å²) in [6.07, 6.45) is 0. The minimum atomic E-state index is -0.668. The molecule has 0 aromatic rings. The van der Waals surface area contributed by atoms with Crippen LogP contribution in [-0.4, -0.2) is 30.9 Å². The number of alkyl halides is 1. The topological polar surface area (TPSA) is 55.4 Å². The third-order valence-electron chi connectivity index (χ3n) is 1.73. The Morgan fingerprint density at radius 1 is 1.43 bits per heavy atom. The van der Waals surface area contributed by atoms with Crippen molar-refractivity contribution in [3.05, 3.63) is 0 Å². The van der Waals surface area contributed by atoms with Gasteiger partial charge in [0.25, 0.3) is 0 Å². The first-order valence-corrected chi connectivity index (χ1v) is 4.79. The average molecular weight is 222 g/mol. The Morgan fingerprint density at radius 2 is 1.93 bits per heavy atom. The van der Waals surface area contributed by atoms with E-state index in [1.54, 1.807) is 0 Å². The molecule has 0 aliphatic carbocycles. The van der Waals surface area contributed by atoms with E-state index in [1.165, 1.54) is 7.11 Å². The standard InChI is InChI=1S/C9H16ClNO3/c1-9(2,3)7(8(13)14-4)11-6(12)5-10/h7H,5H2,1-4H3,(H,11,12)/t7-/m1/s1. The van der Waals surface area contributed by atoms with E-state index in [4.69, 9.17) is 11.6 Å². The van der Waals surface area contributed by atoms with E-state index in [0.717, 1.165) is 0 Å². The van der Waals surface area contributed by atoms with Gasteiger partial charge in [0.05, 0.1) is 7.11 Å². The van der Waals surface area contributed by atoms with Crippen molar-refractivity contribution in [2.45, 2.75) is 26.8 Å². The fraction of sp³-hybridized carbons (Fsp3) is 0.778. The Hall–Kier alpha value is -0.770. The predicted molar refractivity (Wildman–Crippen MR) is 54.1 cm³/mol. The lowest BCUT2D eigenvalue weighted by Crippen LogP contribution is -2.50. The first-order chi connectivity index (χ1) is 6.32. The quantitative estimate of drug-likeness (QED) is 0.570. The summed E-state index contributed by atoms with van der Waals surface area (Å²) < 4.78 is 4.59. The highest BCUT2D eigenvalue weighted by atomic mass is 35.5. The summed E-state index contributed by atoms with van der Waals surface area (Å²) in [7, 11) is 1.29. The molecule has 14 heavy (non-hydrogen) atoms. The van der Waals surface area contributed by atoms with Gasteiger partial charge in [-0.1, -0.05) is 20.8 Å². The molecule has 0 aromatic carbocycles. The number of amides is 1. The van der Waals surface area contributed by atoms with Gasteiger partial charge in [-0.05, 0) is 5.41 Å². The first-order valence-electron chi connectivity index (χ1n) is 4.26. The van der Waals surface area contributed by atoms with Crippen molar-refractivity contribution in [3.8, 4) is 0 Å². The molecule has 4 nitrogen and oxygen atoms in total. The first kappa shape index (κ1) is 13.2. The molecule has 0 heterocycles. The maximum atomic E-state index is 11.3. The molecule has 0 aromatic heterocycles. The number of methoxy groups -OCH3 is 1.